The van der Waals surface area contributed by atoms with Gasteiger partial charge in [-0.05, 0) is 25.8 Å². The van der Waals surface area contributed by atoms with E-state index in [0.717, 1.165) is 0 Å². The highest BCUT2D eigenvalue weighted by Gasteiger charge is 2.08. The number of hydrogen-bond donors (Lipinski definition) is 3. The van der Waals surface area contributed by atoms with Crippen molar-refractivity contribution >= 4 is 11.6 Å². The fraction of sp³-hybridized carbons (Fsp3) is 0.500. The maximum atomic E-state index is 11.7. The normalized spacial score (nSPS) is 12.1. The molecule has 6 heteroatoms. The van der Waals surface area contributed by atoms with Crippen LogP contribution >= 0.6 is 0 Å². The van der Waals surface area contributed by atoms with Gasteiger partial charge in [-0.15, -0.1) is 0 Å². The van der Waals surface area contributed by atoms with Crippen molar-refractivity contribution in [3.8, 4) is 0 Å². The van der Waals surface area contributed by atoms with Gasteiger partial charge in [0.2, 0.25) is 5.91 Å². The van der Waals surface area contributed by atoms with Crippen LogP contribution in [0.2, 0.25) is 0 Å². The number of aliphatic hydroxyl groups is 1. The molecule has 100 valence electrons. The predicted molar refractivity (Wildman–Crippen MR) is 69.0 cm³/mol. The van der Waals surface area contributed by atoms with Crippen molar-refractivity contribution in [3.05, 3.63) is 28.7 Å². The SMILES string of the molecule is CC(CCCO)NC(=O)Cn1cc(N)ccc1=O. The van der Waals surface area contributed by atoms with Crippen molar-refractivity contribution in [2.75, 3.05) is 12.3 Å². The summed E-state index contributed by atoms with van der Waals surface area (Å²) in [5, 5.41) is 11.4. The molecule has 0 aromatic carbocycles. The Morgan fingerprint density at radius 2 is 2.28 bits per heavy atom. The fourth-order valence-corrected chi connectivity index (χ4v) is 1.62. The van der Waals surface area contributed by atoms with Crippen molar-refractivity contribution in [2.45, 2.75) is 32.4 Å². The van der Waals surface area contributed by atoms with E-state index < -0.39 is 0 Å². The molecule has 0 aliphatic heterocycles. The lowest BCUT2D eigenvalue weighted by atomic mass is 10.2. The molecule has 4 N–H and O–H groups in total. The molecule has 1 amide bonds. The van der Waals surface area contributed by atoms with Crippen molar-refractivity contribution in [3.63, 3.8) is 0 Å². The standard InChI is InChI=1S/C12H19N3O3/c1-9(3-2-6-16)14-11(17)8-15-7-10(13)4-5-12(15)18/h4-5,7,9,16H,2-3,6,8,13H2,1H3,(H,14,17). The summed E-state index contributed by atoms with van der Waals surface area (Å²) in [6.07, 6.45) is 2.79. The van der Waals surface area contributed by atoms with Crippen molar-refractivity contribution in [2.24, 2.45) is 0 Å². The molecule has 0 radical (unpaired) electrons. The number of nitrogens with one attached hydrogen (secondary N) is 1. The smallest absolute Gasteiger partial charge is 0.251 e. The molecule has 0 aliphatic rings. The lowest BCUT2D eigenvalue weighted by molar-refractivity contribution is -0.122. The first-order chi connectivity index (χ1) is 8.52. The van der Waals surface area contributed by atoms with Gasteiger partial charge in [0.1, 0.15) is 6.54 Å². The van der Waals surface area contributed by atoms with Crippen LogP contribution in [0.25, 0.3) is 0 Å². The summed E-state index contributed by atoms with van der Waals surface area (Å²) in [6.45, 7) is 1.91. The summed E-state index contributed by atoms with van der Waals surface area (Å²) in [5.41, 5.74) is 5.73. The number of amides is 1. The van der Waals surface area contributed by atoms with E-state index in [0.29, 0.717) is 18.5 Å². The Morgan fingerprint density at radius 3 is 2.94 bits per heavy atom. The van der Waals surface area contributed by atoms with E-state index in [4.69, 9.17) is 10.8 Å². The first-order valence-corrected chi connectivity index (χ1v) is 5.89. The zero-order valence-electron chi connectivity index (χ0n) is 10.4. The maximum absolute atomic E-state index is 11.7. The van der Waals surface area contributed by atoms with Crippen molar-refractivity contribution in [1.82, 2.24) is 9.88 Å². The second-order valence-electron chi connectivity index (χ2n) is 4.26. The third kappa shape index (κ3) is 4.58. The van der Waals surface area contributed by atoms with Gasteiger partial charge in [0.05, 0.1) is 0 Å². The Hall–Kier alpha value is -1.82. The largest absolute Gasteiger partial charge is 0.398 e. The molecule has 1 aromatic rings. The van der Waals surface area contributed by atoms with E-state index in [9.17, 15) is 9.59 Å². The van der Waals surface area contributed by atoms with Crippen LogP contribution in [0, 0.1) is 0 Å². The highest BCUT2D eigenvalue weighted by Crippen LogP contribution is 1.97. The second-order valence-corrected chi connectivity index (χ2v) is 4.26. The minimum absolute atomic E-state index is 0.0265. The third-order valence-corrected chi connectivity index (χ3v) is 2.52. The molecule has 1 heterocycles. The molecule has 18 heavy (non-hydrogen) atoms. The van der Waals surface area contributed by atoms with E-state index in [1.165, 1.54) is 22.9 Å². The van der Waals surface area contributed by atoms with E-state index in [1.54, 1.807) is 0 Å². The number of pyridine rings is 1. The van der Waals surface area contributed by atoms with E-state index in [1.807, 2.05) is 6.92 Å². The summed E-state index contributed by atoms with van der Waals surface area (Å²) in [6, 6.07) is 2.81. The monoisotopic (exact) mass is 253 g/mol. The van der Waals surface area contributed by atoms with Gasteiger partial charge in [0.15, 0.2) is 0 Å². The number of rotatable bonds is 6. The minimum Gasteiger partial charge on any atom is -0.398 e. The van der Waals surface area contributed by atoms with Gasteiger partial charge < -0.3 is 20.7 Å². The van der Waals surface area contributed by atoms with Gasteiger partial charge in [0, 0.05) is 30.6 Å². The Morgan fingerprint density at radius 1 is 1.56 bits per heavy atom. The molecule has 0 saturated carbocycles. The zero-order valence-corrected chi connectivity index (χ0v) is 10.4. The number of aliphatic hydroxyl groups excluding tert-OH is 1. The van der Waals surface area contributed by atoms with Crippen LogP contribution in [0.15, 0.2) is 23.1 Å². The number of nitrogens with two attached hydrogens (primary N) is 1. The Balaban J connectivity index is 2.54. The molecule has 0 fully saturated rings. The van der Waals surface area contributed by atoms with Gasteiger partial charge in [0.25, 0.3) is 5.56 Å². The molecule has 1 unspecified atom stereocenters. The number of carbonyl (C=O) groups is 1. The average Bonchev–Trinajstić information content (AvgIpc) is 2.31. The van der Waals surface area contributed by atoms with Crippen LogP contribution in [0.3, 0.4) is 0 Å². The van der Waals surface area contributed by atoms with Gasteiger partial charge in [-0.25, -0.2) is 0 Å². The van der Waals surface area contributed by atoms with Crippen LogP contribution < -0.4 is 16.6 Å². The topological polar surface area (TPSA) is 97.3 Å². The highest BCUT2D eigenvalue weighted by molar-refractivity contribution is 5.76. The van der Waals surface area contributed by atoms with Gasteiger partial charge in [-0.1, -0.05) is 0 Å². The molecule has 0 spiro atoms. The first kappa shape index (κ1) is 14.2. The molecule has 6 nitrogen and oxygen atoms in total. The molecule has 0 aliphatic carbocycles. The Bertz CT molecular complexity index is 456. The summed E-state index contributed by atoms with van der Waals surface area (Å²) in [7, 11) is 0. The van der Waals surface area contributed by atoms with Crippen LogP contribution in [-0.2, 0) is 11.3 Å². The molecule has 0 saturated heterocycles. The van der Waals surface area contributed by atoms with Crippen LogP contribution in [0.5, 0.6) is 0 Å². The van der Waals surface area contributed by atoms with Gasteiger partial charge in [-0.3, -0.25) is 9.59 Å². The van der Waals surface area contributed by atoms with Crippen molar-refractivity contribution < 1.29 is 9.90 Å². The van der Waals surface area contributed by atoms with Gasteiger partial charge >= 0.3 is 0 Å². The summed E-state index contributed by atoms with van der Waals surface area (Å²) < 4.78 is 1.27. The number of aromatic nitrogens is 1. The molecule has 1 atom stereocenters. The zero-order chi connectivity index (χ0) is 13.5. The molecular weight excluding hydrogens is 234 g/mol. The van der Waals surface area contributed by atoms with Crippen molar-refractivity contribution in [1.29, 1.82) is 0 Å². The maximum Gasteiger partial charge on any atom is 0.251 e. The summed E-state index contributed by atoms with van der Waals surface area (Å²) in [4.78, 5) is 23.1. The lowest BCUT2D eigenvalue weighted by Crippen LogP contribution is -2.37. The molecular formula is C12H19N3O3. The van der Waals surface area contributed by atoms with Crippen LogP contribution in [0.1, 0.15) is 19.8 Å². The van der Waals surface area contributed by atoms with Crippen LogP contribution in [0.4, 0.5) is 5.69 Å². The van der Waals surface area contributed by atoms with E-state index in [2.05, 4.69) is 5.32 Å². The lowest BCUT2D eigenvalue weighted by Gasteiger charge is -2.14. The van der Waals surface area contributed by atoms with Gasteiger partial charge in [-0.2, -0.15) is 0 Å². The summed E-state index contributed by atoms with van der Waals surface area (Å²) >= 11 is 0. The highest BCUT2D eigenvalue weighted by atomic mass is 16.3. The number of carbonyl (C=O) groups excluding carboxylic acids is 1. The second kappa shape index (κ2) is 6.80. The molecule has 1 aromatic heterocycles. The molecule has 1 rings (SSSR count). The average molecular weight is 253 g/mol. The predicted octanol–water partition coefficient (Wildman–Crippen LogP) is -0.292. The Kier molecular flexibility index (Phi) is 5.38. The van der Waals surface area contributed by atoms with E-state index in [-0.39, 0.29) is 30.7 Å². The fourth-order valence-electron chi connectivity index (χ4n) is 1.62. The number of nitrogens with zero attached hydrogens (tertiary/aromatic N) is 1. The third-order valence-electron chi connectivity index (χ3n) is 2.52. The quantitative estimate of drug-likeness (QED) is 0.649. The summed E-state index contributed by atoms with van der Waals surface area (Å²) in [5.74, 6) is -0.242. The van der Waals surface area contributed by atoms with Crippen LogP contribution in [-0.4, -0.2) is 28.2 Å². The van der Waals surface area contributed by atoms with E-state index >= 15 is 0 Å². The number of hydrogen-bond acceptors (Lipinski definition) is 4. The first-order valence-electron chi connectivity index (χ1n) is 5.89. The minimum atomic E-state index is -0.262. The number of anilines is 1. The molecule has 0 bridgehead atoms. The number of nitrogen functional groups attached to an aromatic ring is 1. The Labute approximate surface area is 105 Å².